The predicted octanol–water partition coefficient (Wildman–Crippen LogP) is -0.117. The molecule has 1 amide bonds. The van der Waals surface area contributed by atoms with Crippen molar-refractivity contribution in [2.45, 2.75) is 31.6 Å². The van der Waals surface area contributed by atoms with Crippen molar-refractivity contribution in [2.24, 2.45) is 5.73 Å². The summed E-state index contributed by atoms with van der Waals surface area (Å²) in [5, 5.41) is 1.60. The van der Waals surface area contributed by atoms with Crippen molar-refractivity contribution in [1.82, 2.24) is 5.32 Å². The second kappa shape index (κ2) is 5.49. The van der Waals surface area contributed by atoms with Crippen LogP contribution in [0.25, 0.3) is 0 Å². The minimum atomic E-state index is -3.25. The highest BCUT2D eigenvalue weighted by atomic mass is 32.2. The summed E-state index contributed by atoms with van der Waals surface area (Å²) in [6, 6.07) is 0. The van der Waals surface area contributed by atoms with Crippen molar-refractivity contribution in [3.63, 3.8) is 0 Å². The minimum absolute atomic E-state index is 0.0331. The lowest BCUT2D eigenvalue weighted by atomic mass is 10.2. The maximum atomic E-state index is 11.2. The molecule has 1 unspecified atom stereocenters. The maximum Gasteiger partial charge on any atom is 0.407 e. The van der Waals surface area contributed by atoms with Crippen LogP contribution in [0.15, 0.2) is 0 Å². The number of carbonyl (C=O) groups is 1. The quantitative estimate of drug-likeness (QED) is 0.727. The van der Waals surface area contributed by atoms with Gasteiger partial charge in [0.05, 0.1) is 5.25 Å². The molecule has 0 aromatic carbocycles. The molecule has 6 nitrogen and oxygen atoms in total. The number of sulfone groups is 1. The van der Waals surface area contributed by atoms with Crippen LogP contribution in [-0.4, -0.2) is 44.7 Å². The average molecular weight is 252 g/mol. The van der Waals surface area contributed by atoms with Crippen LogP contribution >= 0.6 is 0 Å². The molecule has 0 bridgehead atoms. The van der Waals surface area contributed by atoms with Crippen LogP contribution in [0.5, 0.6) is 0 Å². The molecule has 0 aliphatic carbocycles. The van der Waals surface area contributed by atoms with Gasteiger partial charge >= 0.3 is 6.09 Å². The monoisotopic (exact) mass is 252 g/mol. The van der Waals surface area contributed by atoms with Crippen LogP contribution in [-0.2, 0) is 14.6 Å². The third kappa shape index (κ3) is 6.62. The fraction of sp³-hybridized carbons (Fsp3) is 0.889. The highest BCUT2D eigenvalue weighted by molar-refractivity contribution is 7.91. The fourth-order valence-electron chi connectivity index (χ4n) is 0.921. The molecule has 0 saturated heterocycles. The van der Waals surface area contributed by atoms with Gasteiger partial charge in [-0.1, -0.05) is 0 Å². The molecular formula is C9H20N2O4S. The first-order valence-corrected chi connectivity index (χ1v) is 6.87. The highest BCUT2D eigenvalue weighted by Gasteiger charge is 2.21. The lowest BCUT2D eigenvalue weighted by Crippen LogP contribution is -2.42. The lowest BCUT2D eigenvalue weighted by Gasteiger charge is -2.21. The number of alkyl carbamates (subject to hydrolysis) is 1. The SMILES string of the molecule is CC(C)(C)OC(=O)NCC(CN)S(C)(=O)=O. The smallest absolute Gasteiger partial charge is 0.407 e. The number of hydrogen-bond acceptors (Lipinski definition) is 5. The Labute approximate surface area is 96.4 Å². The Morgan fingerprint density at radius 3 is 2.25 bits per heavy atom. The first-order valence-electron chi connectivity index (χ1n) is 4.92. The lowest BCUT2D eigenvalue weighted by molar-refractivity contribution is 0.0528. The highest BCUT2D eigenvalue weighted by Crippen LogP contribution is 2.06. The van der Waals surface area contributed by atoms with Crippen LogP contribution in [0.1, 0.15) is 20.8 Å². The molecule has 0 saturated carbocycles. The fourth-order valence-corrected chi connectivity index (χ4v) is 1.66. The molecule has 0 aliphatic rings. The third-order valence-electron chi connectivity index (χ3n) is 1.74. The van der Waals surface area contributed by atoms with Crippen molar-refractivity contribution in [2.75, 3.05) is 19.3 Å². The molecule has 0 fully saturated rings. The van der Waals surface area contributed by atoms with Crippen molar-refractivity contribution < 1.29 is 17.9 Å². The molecular weight excluding hydrogens is 232 g/mol. The molecule has 0 aromatic heterocycles. The minimum Gasteiger partial charge on any atom is -0.444 e. The van der Waals surface area contributed by atoms with E-state index in [2.05, 4.69) is 5.32 Å². The number of hydrogen-bond donors (Lipinski definition) is 2. The van der Waals surface area contributed by atoms with E-state index in [1.165, 1.54) is 0 Å². The van der Waals surface area contributed by atoms with E-state index in [0.717, 1.165) is 6.26 Å². The second-order valence-electron chi connectivity index (χ2n) is 4.57. The first-order chi connectivity index (χ1) is 7.06. The van der Waals surface area contributed by atoms with Gasteiger partial charge in [-0.15, -0.1) is 0 Å². The molecule has 0 aromatic rings. The van der Waals surface area contributed by atoms with E-state index < -0.39 is 26.8 Å². The molecule has 3 N–H and O–H groups in total. The summed E-state index contributed by atoms with van der Waals surface area (Å²) in [5.41, 5.74) is 4.70. The summed E-state index contributed by atoms with van der Waals surface area (Å²) < 4.78 is 27.3. The summed E-state index contributed by atoms with van der Waals surface area (Å²) in [6.07, 6.45) is 0.441. The summed E-state index contributed by atoms with van der Waals surface area (Å²) >= 11 is 0. The number of rotatable bonds is 4. The van der Waals surface area contributed by atoms with Gasteiger partial charge in [0.2, 0.25) is 0 Å². The topological polar surface area (TPSA) is 98.5 Å². The van der Waals surface area contributed by atoms with Gasteiger partial charge in [0.15, 0.2) is 9.84 Å². The second-order valence-corrected chi connectivity index (χ2v) is 6.90. The van der Waals surface area contributed by atoms with Gasteiger partial charge in [-0.2, -0.15) is 0 Å². The van der Waals surface area contributed by atoms with E-state index in [9.17, 15) is 13.2 Å². The van der Waals surface area contributed by atoms with Gasteiger partial charge in [-0.3, -0.25) is 0 Å². The summed E-state index contributed by atoms with van der Waals surface area (Å²) in [5.74, 6) is 0. The maximum absolute atomic E-state index is 11.2. The summed E-state index contributed by atoms with van der Waals surface area (Å²) in [6.45, 7) is 5.11. The van der Waals surface area contributed by atoms with Crippen LogP contribution in [0.4, 0.5) is 4.79 Å². The first kappa shape index (κ1) is 15.2. The predicted molar refractivity (Wildman–Crippen MR) is 61.9 cm³/mol. The standard InChI is InChI=1S/C9H20N2O4S/c1-9(2,3)15-8(12)11-6-7(5-10)16(4,13)14/h7H,5-6,10H2,1-4H3,(H,11,12). The average Bonchev–Trinajstić information content (AvgIpc) is 1.98. The van der Waals surface area contributed by atoms with Crippen LogP contribution in [0.2, 0.25) is 0 Å². The van der Waals surface area contributed by atoms with Crippen LogP contribution < -0.4 is 11.1 Å². The largest absolute Gasteiger partial charge is 0.444 e. The number of ether oxygens (including phenoxy) is 1. The van der Waals surface area contributed by atoms with Gasteiger partial charge in [0, 0.05) is 19.3 Å². The molecule has 0 radical (unpaired) electrons. The van der Waals surface area contributed by atoms with Gasteiger partial charge < -0.3 is 15.8 Å². The van der Waals surface area contributed by atoms with E-state index in [1.807, 2.05) is 0 Å². The molecule has 16 heavy (non-hydrogen) atoms. The van der Waals surface area contributed by atoms with Gasteiger partial charge in [0.25, 0.3) is 0 Å². The number of amides is 1. The van der Waals surface area contributed by atoms with Crippen molar-refractivity contribution in [3.8, 4) is 0 Å². The molecule has 0 spiro atoms. The zero-order valence-corrected chi connectivity index (χ0v) is 10.9. The summed E-state index contributed by atoms with van der Waals surface area (Å²) in [4.78, 5) is 11.2. The Balaban J connectivity index is 4.20. The normalized spacial score (nSPS) is 14.3. The Morgan fingerprint density at radius 2 is 1.94 bits per heavy atom. The van der Waals surface area contributed by atoms with Gasteiger partial charge in [0.1, 0.15) is 5.60 Å². The van der Waals surface area contributed by atoms with Crippen molar-refractivity contribution in [3.05, 3.63) is 0 Å². The molecule has 0 heterocycles. The molecule has 0 rings (SSSR count). The molecule has 7 heteroatoms. The van der Waals surface area contributed by atoms with Crippen LogP contribution in [0.3, 0.4) is 0 Å². The van der Waals surface area contributed by atoms with Crippen molar-refractivity contribution >= 4 is 15.9 Å². The van der Waals surface area contributed by atoms with E-state index in [0.29, 0.717) is 0 Å². The zero-order valence-electron chi connectivity index (χ0n) is 10.1. The molecule has 1 atom stereocenters. The van der Waals surface area contributed by atoms with Crippen molar-refractivity contribution in [1.29, 1.82) is 0 Å². The van der Waals surface area contributed by atoms with Crippen LogP contribution in [0, 0.1) is 0 Å². The third-order valence-corrected chi connectivity index (χ3v) is 3.31. The summed E-state index contributed by atoms with van der Waals surface area (Å²) in [7, 11) is -3.25. The van der Waals surface area contributed by atoms with Gasteiger partial charge in [-0.25, -0.2) is 13.2 Å². The Kier molecular flexibility index (Phi) is 5.21. The Bertz CT molecular complexity index is 332. The van der Waals surface area contributed by atoms with E-state index in [1.54, 1.807) is 20.8 Å². The zero-order chi connectivity index (χ0) is 13.0. The Morgan fingerprint density at radius 1 is 1.44 bits per heavy atom. The molecule has 0 aliphatic heterocycles. The van der Waals surface area contributed by atoms with E-state index >= 15 is 0 Å². The van der Waals surface area contributed by atoms with Gasteiger partial charge in [-0.05, 0) is 20.8 Å². The number of carbonyl (C=O) groups excluding carboxylic acids is 1. The van der Waals surface area contributed by atoms with E-state index in [-0.39, 0.29) is 13.1 Å². The number of nitrogens with two attached hydrogens (primary N) is 1. The molecule has 96 valence electrons. The van der Waals surface area contributed by atoms with E-state index in [4.69, 9.17) is 10.5 Å². The number of nitrogens with one attached hydrogen (secondary N) is 1. The Hall–Kier alpha value is -0.820.